The van der Waals surface area contributed by atoms with Gasteiger partial charge >= 0.3 is 0 Å². The second-order valence-electron chi connectivity index (χ2n) is 4.12. The minimum absolute atomic E-state index is 0.265. The first-order valence-electron chi connectivity index (χ1n) is 5.43. The number of nitrogens with one attached hydrogen (secondary N) is 1. The van der Waals surface area contributed by atoms with E-state index >= 15 is 0 Å². The van der Waals surface area contributed by atoms with Gasteiger partial charge in [0.1, 0.15) is 5.82 Å². The highest BCUT2D eigenvalue weighted by molar-refractivity contribution is 5.43. The maximum atomic E-state index is 9.53. The smallest absolute Gasteiger partial charge is 0.239 e. The summed E-state index contributed by atoms with van der Waals surface area (Å²) in [6.07, 6.45) is 2.40. The molecule has 2 unspecified atom stereocenters. The van der Waals surface area contributed by atoms with Crippen molar-refractivity contribution >= 4 is 11.8 Å². The van der Waals surface area contributed by atoms with Crippen LogP contribution in [0.5, 0.6) is 0 Å². The first-order valence-corrected chi connectivity index (χ1v) is 5.43. The minimum Gasteiger partial charge on any atom is -0.393 e. The number of hydrogen-bond donors (Lipinski definition) is 3. The van der Waals surface area contributed by atoms with Gasteiger partial charge < -0.3 is 10.0 Å². The number of nitrogen functional groups attached to an aromatic ring is 1. The van der Waals surface area contributed by atoms with E-state index in [1.54, 1.807) is 6.20 Å². The van der Waals surface area contributed by atoms with E-state index in [0.717, 1.165) is 25.3 Å². The molecular formula is C10H17N5O. The summed E-state index contributed by atoms with van der Waals surface area (Å²) in [7, 11) is 0. The van der Waals surface area contributed by atoms with Crippen LogP contribution < -0.4 is 16.2 Å². The third-order valence-corrected chi connectivity index (χ3v) is 3.00. The van der Waals surface area contributed by atoms with E-state index in [0.29, 0.717) is 11.9 Å². The number of rotatable bonds is 3. The van der Waals surface area contributed by atoms with E-state index in [-0.39, 0.29) is 6.10 Å². The van der Waals surface area contributed by atoms with E-state index in [1.807, 2.05) is 13.0 Å². The van der Waals surface area contributed by atoms with Crippen LogP contribution in [0.4, 0.5) is 11.8 Å². The summed E-state index contributed by atoms with van der Waals surface area (Å²) in [5, 5.41) is 9.53. The van der Waals surface area contributed by atoms with Gasteiger partial charge in [-0.25, -0.2) is 10.8 Å². The maximum Gasteiger partial charge on any atom is 0.239 e. The Morgan fingerprint density at radius 3 is 3.12 bits per heavy atom. The van der Waals surface area contributed by atoms with E-state index in [4.69, 9.17) is 5.84 Å². The molecule has 2 heterocycles. The molecule has 16 heavy (non-hydrogen) atoms. The van der Waals surface area contributed by atoms with Crippen molar-refractivity contribution in [3.63, 3.8) is 0 Å². The monoisotopic (exact) mass is 223 g/mol. The zero-order valence-electron chi connectivity index (χ0n) is 9.30. The van der Waals surface area contributed by atoms with Crippen molar-refractivity contribution in [1.29, 1.82) is 0 Å². The van der Waals surface area contributed by atoms with Gasteiger partial charge in [0.05, 0.1) is 6.10 Å². The molecule has 1 saturated heterocycles. The maximum absolute atomic E-state index is 9.53. The van der Waals surface area contributed by atoms with Crippen LogP contribution in [0.15, 0.2) is 12.3 Å². The number of hydrazine groups is 1. The number of aliphatic hydroxyl groups excluding tert-OH is 1. The Hall–Kier alpha value is -1.40. The average molecular weight is 223 g/mol. The summed E-state index contributed by atoms with van der Waals surface area (Å²) in [5.74, 6) is 6.85. The van der Waals surface area contributed by atoms with Gasteiger partial charge in [-0.15, -0.1) is 0 Å². The number of anilines is 2. The van der Waals surface area contributed by atoms with Gasteiger partial charge in [-0.2, -0.15) is 4.98 Å². The van der Waals surface area contributed by atoms with Crippen LogP contribution in [0.25, 0.3) is 0 Å². The molecule has 0 radical (unpaired) electrons. The van der Waals surface area contributed by atoms with Gasteiger partial charge in [0, 0.05) is 25.2 Å². The number of aromatic nitrogens is 2. The van der Waals surface area contributed by atoms with Crippen molar-refractivity contribution in [2.24, 2.45) is 11.8 Å². The quantitative estimate of drug-likeness (QED) is 0.492. The number of aliphatic hydroxyl groups is 1. The topological polar surface area (TPSA) is 87.3 Å². The molecule has 1 aromatic heterocycles. The number of nitrogens with zero attached hydrogens (tertiary/aromatic N) is 3. The van der Waals surface area contributed by atoms with Crippen LogP contribution in [0.3, 0.4) is 0 Å². The lowest BCUT2D eigenvalue weighted by Gasteiger charge is -2.18. The summed E-state index contributed by atoms with van der Waals surface area (Å²) in [6, 6.07) is 1.85. The highest BCUT2D eigenvalue weighted by atomic mass is 16.3. The van der Waals surface area contributed by atoms with Crippen LogP contribution in [-0.4, -0.2) is 34.3 Å². The van der Waals surface area contributed by atoms with Crippen LogP contribution in [-0.2, 0) is 0 Å². The minimum atomic E-state index is -0.265. The van der Waals surface area contributed by atoms with E-state index in [2.05, 4.69) is 20.3 Å². The molecule has 0 saturated carbocycles. The Morgan fingerprint density at radius 1 is 1.69 bits per heavy atom. The first kappa shape index (κ1) is 11.1. The molecule has 0 bridgehead atoms. The molecule has 0 spiro atoms. The van der Waals surface area contributed by atoms with Crippen molar-refractivity contribution in [1.82, 2.24) is 9.97 Å². The summed E-state index contributed by atoms with van der Waals surface area (Å²) in [6.45, 7) is 3.58. The fourth-order valence-corrected chi connectivity index (χ4v) is 1.98. The summed E-state index contributed by atoms with van der Waals surface area (Å²) in [5.41, 5.74) is 2.43. The summed E-state index contributed by atoms with van der Waals surface area (Å²) < 4.78 is 0. The van der Waals surface area contributed by atoms with E-state index < -0.39 is 0 Å². The Morgan fingerprint density at radius 2 is 2.50 bits per heavy atom. The van der Waals surface area contributed by atoms with Crippen LogP contribution in [0.1, 0.15) is 13.3 Å². The third-order valence-electron chi connectivity index (χ3n) is 3.00. The molecule has 6 nitrogen and oxygen atoms in total. The molecule has 0 aromatic carbocycles. The number of hydrogen-bond acceptors (Lipinski definition) is 6. The van der Waals surface area contributed by atoms with Gasteiger partial charge in [-0.05, 0) is 19.4 Å². The molecule has 1 aliphatic rings. The second-order valence-corrected chi connectivity index (χ2v) is 4.12. The fraction of sp³-hybridized carbons (Fsp3) is 0.600. The van der Waals surface area contributed by atoms with Crippen LogP contribution in [0.2, 0.25) is 0 Å². The van der Waals surface area contributed by atoms with Crippen LogP contribution >= 0.6 is 0 Å². The van der Waals surface area contributed by atoms with Crippen molar-refractivity contribution in [2.75, 3.05) is 23.4 Å². The van der Waals surface area contributed by atoms with Gasteiger partial charge in [-0.1, -0.05) is 0 Å². The van der Waals surface area contributed by atoms with Crippen molar-refractivity contribution in [3.8, 4) is 0 Å². The third kappa shape index (κ3) is 2.23. The molecule has 0 aliphatic carbocycles. The Labute approximate surface area is 94.5 Å². The van der Waals surface area contributed by atoms with Crippen LogP contribution in [0, 0.1) is 5.92 Å². The molecule has 6 heteroatoms. The molecule has 1 aliphatic heterocycles. The number of nitrogens with two attached hydrogens (primary N) is 1. The van der Waals surface area contributed by atoms with Gasteiger partial charge in [-0.3, -0.25) is 5.43 Å². The zero-order valence-corrected chi connectivity index (χ0v) is 9.30. The molecule has 4 N–H and O–H groups in total. The molecule has 0 amide bonds. The normalized spacial score (nSPS) is 22.2. The summed E-state index contributed by atoms with van der Waals surface area (Å²) in [4.78, 5) is 10.4. The standard InChI is InChI=1S/C10H17N5O/c1-7(16)8-3-5-15(6-8)9-2-4-12-10(13-9)14-11/h2,4,7-8,16H,3,5-6,11H2,1H3,(H,12,13,14). The molecule has 2 atom stereocenters. The lowest BCUT2D eigenvalue weighted by atomic mass is 10.0. The average Bonchev–Trinajstić information content (AvgIpc) is 2.78. The lowest BCUT2D eigenvalue weighted by Crippen LogP contribution is -2.25. The second kappa shape index (κ2) is 4.63. The summed E-state index contributed by atoms with van der Waals surface area (Å²) >= 11 is 0. The Balaban J connectivity index is 2.08. The van der Waals surface area contributed by atoms with Crippen molar-refractivity contribution < 1.29 is 5.11 Å². The van der Waals surface area contributed by atoms with Crippen molar-refractivity contribution in [2.45, 2.75) is 19.4 Å². The molecule has 88 valence electrons. The van der Waals surface area contributed by atoms with E-state index in [1.165, 1.54) is 0 Å². The molecule has 2 rings (SSSR count). The Kier molecular flexibility index (Phi) is 3.21. The SMILES string of the molecule is CC(O)C1CCN(c2ccnc(NN)n2)C1. The predicted octanol–water partition coefficient (Wildman–Crippen LogP) is -0.0307. The largest absolute Gasteiger partial charge is 0.393 e. The van der Waals surface area contributed by atoms with Gasteiger partial charge in [0.15, 0.2) is 0 Å². The van der Waals surface area contributed by atoms with E-state index in [9.17, 15) is 5.11 Å². The van der Waals surface area contributed by atoms with Gasteiger partial charge in [0.25, 0.3) is 0 Å². The predicted molar refractivity (Wildman–Crippen MR) is 61.8 cm³/mol. The molecule has 1 fully saturated rings. The fourth-order valence-electron chi connectivity index (χ4n) is 1.98. The molecular weight excluding hydrogens is 206 g/mol. The van der Waals surface area contributed by atoms with Crippen molar-refractivity contribution in [3.05, 3.63) is 12.3 Å². The lowest BCUT2D eigenvalue weighted by molar-refractivity contribution is 0.136. The first-order chi connectivity index (χ1) is 7.70. The highest BCUT2D eigenvalue weighted by Crippen LogP contribution is 2.24. The highest BCUT2D eigenvalue weighted by Gasteiger charge is 2.26. The molecule has 1 aromatic rings. The Bertz CT molecular complexity index is 357. The van der Waals surface area contributed by atoms with Gasteiger partial charge in [0.2, 0.25) is 5.95 Å². The zero-order chi connectivity index (χ0) is 11.5.